The number of nitrogens with two attached hydrogens (primary N) is 1. The molecule has 0 heterocycles. The lowest BCUT2D eigenvalue weighted by molar-refractivity contribution is 0.0189. The Kier molecular flexibility index (Phi) is 5.93. The van der Waals surface area contributed by atoms with Crippen molar-refractivity contribution in [3.05, 3.63) is 0 Å². The van der Waals surface area contributed by atoms with Crippen molar-refractivity contribution < 1.29 is 9.53 Å². The van der Waals surface area contributed by atoms with Crippen LogP contribution in [0.5, 0.6) is 0 Å². The van der Waals surface area contributed by atoms with Crippen molar-refractivity contribution in [3.63, 3.8) is 0 Å². The molecule has 0 bridgehead atoms. The number of carbonyl (C=O) groups excluding carboxylic acids is 1. The van der Waals surface area contributed by atoms with Crippen molar-refractivity contribution in [2.75, 3.05) is 7.05 Å². The molecular weight excluding hydrogens is 254 g/mol. The lowest BCUT2D eigenvalue weighted by Gasteiger charge is -2.38. The maximum atomic E-state index is 11.9. The van der Waals surface area contributed by atoms with E-state index in [1.54, 1.807) is 7.05 Å². The number of amidine groups is 1. The van der Waals surface area contributed by atoms with E-state index in [9.17, 15) is 4.79 Å². The van der Waals surface area contributed by atoms with Crippen LogP contribution in [0.25, 0.3) is 0 Å². The third kappa shape index (κ3) is 4.37. The predicted molar refractivity (Wildman–Crippen MR) is 74.3 cm³/mol. The van der Waals surface area contributed by atoms with Crippen LogP contribution in [0.4, 0.5) is 4.79 Å². The fourth-order valence-electron chi connectivity index (χ4n) is 1.98. The van der Waals surface area contributed by atoms with Crippen LogP contribution in [0.3, 0.4) is 0 Å². The van der Waals surface area contributed by atoms with Gasteiger partial charge in [-0.15, -0.1) is 12.4 Å². The van der Waals surface area contributed by atoms with E-state index in [2.05, 4.69) is 0 Å². The first-order chi connectivity index (χ1) is 7.72. The Labute approximate surface area is 115 Å². The van der Waals surface area contributed by atoms with Crippen molar-refractivity contribution in [3.8, 4) is 0 Å². The fraction of sp³-hybridized carbons (Fsp3) is 0.833. The highest BCUT2D eigenvalue weighted by Gasteiger charge is 2.36. The molecule has 1 fully saturated rings. The smallest absolute Gasteiger partial charge is 0.410 e. The molecule has 0 radical (unpaired) electrons. The van der Waals surface area contributed by atoms with Crippen molar-refractivity contribution in [2.24, 2.45) is 11.7 Å². The van der Waals surface area contributed by atoms with E-state index >= 15 is 0 Å². The normalized spacial score (nSPS) is 17.1. The molecule has 1 aliphatic carbocycles. The summed E-state index contributed by atoms with van der Waals surface area (Å²) in [4.78, 5) is 13.4. The number of likely N-dealkylation sites (N-methyl/N-ethyl adjacent to an activating group) is 1. The highest BCUT2D eigenvalue weighted by molar-refractivity contribution is 5.86. The second kappa shape index (κ2) is 6.27. The first-order valence-electron chi connectivity index (χ1n) is 6.02. The Balaban J connectivity index is 0.00000289. The fourth-order valence-corrected chi connectivity index (χ4v) is 1.98. The molecule has 106 valence electrons. The molecule has 0 aliphatic heterocycles. The zero-order chi connectivity index (χ0) is 13.2. The van der Waals surface area contributed by atoms with Crippen molar-refractivity contribution in [2.45, 2.75) is 51.7 Å². The van der Waals surface area contributed by atoms with Gasteiger partial charge in [-0.3, -0.25) is 5.41 Å². The number of nitrogens with zero attached hydrogens (tertiary/aromatic N) is 1. The van der Waals surface area contributed by atoms with Crippen molar-refractivity contribution in [1.82, 2.24) is 4.90 Å². The molecular formula is C12H24ClN3O2. The summed E-state index contributed by atoms with van der Waals surface area (Å²) in [5.74, 6) is 0.355. The third-order valence-electron chi connectivity index (χ3n) is 3.01. The second-order valence-corrected chi connectivity index (χ2v) is 5.68. The summed E-state index contributed by atoms with van der Waals surface area (Å²) < 4.78 is 5.28. The highest BCUT2D eigenvalue weighted by Crippen LogP contribution is 2.32. The number of rotatable bonds is 3. The van der Waals surface area contributed by atoms with Gasteiger partial charge in [-0.2, -0.15) is 0 Å². The van der Waals surface area contributed by atoms with Crippen LogP contribution in [-0.4, -0.2) is 35.5 Å². The number of amides is 1. The van der Waals surface area contributed by atoms with Crippen LogP contribution >= 0.6 is 12.4 Å². The van der Waals surface area contributed by atoms with Gasteiger partial charge < -0.3 is 15.4 Å². The number of nitrogens with one attached hydrogen (secondary N) is 1. The van der Waals surface area contributed by atoms with E-state index < -0.39 is 11.7 Å². The van der Waals surface area contributed by atoms with Crippen molar-refractivity contribution >= 4 is 24.3 Å². The summed E-state index contributed by atoms with van der Waals surface area (Å²) in [6.45, 7) is 5.47. The molecule has 0 aromatic carbocycles. The Morgan fingerprint density at radius 3 is 2.22 bits per heavy atom. The van der Waals surface area contributed by atoms with Crippen molar-refractivity contribution in [1.29, 1.82) is 5.41 Å². The van der Waals surface area contributed by atoms with Gasteiger partial charge in [-0.1, -0.05) is 6.42 Å². The van der Waals surface area contributed by atoms with Gasteiger partial charge in [0.2, 0.25) is 0 Å². The van der Waals surface area contributed by atoms with Gasteiger partial charge in [-0.05, 0) is 39.5 Å². The summed E-state index contributed by atoms with van der Waals surface area (Å²) in [6, 6.07) is -0.321. The Morgan fingerprint density at radius 2 is 1.94 bits per heavy atom. The lowest BCUT2D eigenvalue weighted by atomic mass is 9.79. The van der Waals surface area contributed by atoms with Crippen LogP contribution < -0.4 is 5.73 Å². The largest absolute Gasteiger partial charge is 0.444 e. The predicted octanol–water partition coefficient (Wildman–Crippen LogP) is 2.38. The summed E-state index contributed by atoms with van der Waals surface area (Å²) in [6.07, 6.45) is 2.79. The molecule has 5 nitrogen and oxygen atoms in total. The van der Waals surface area contributed by atoms with E-state index in [0.717, 1.165) is 19.3 Å². The summed E-state index contributed by atoms with van der Waals surface area (Å²) in [5, 5.41) is 7.60. The molecule has 1 unspecified atom stereocenters. The minimum atomic E-state index is -0.522. The Hall–Kier alpha value is -0.970. The molecule has 0 aromatic heterocycles. The Morgan fingerprint density at radius 1 is 1.44 bits per heavy atom. The van der Waals surface area contributed by atoms with Gasteiger partial charge in [0, 0.05) is 7.05 Å². The summed E-state index contributed by atoms with van der Waals surface area (Å²) in [7, 11) is 1.65. The molecule has 1 saturated carbocycles. The second-order valence-electron chi connectivity index (χ2n) is 5.68. The highest BCUT2D eigenvalue weighted by atomic mass is 35.5. The number of halogens is 1. The monoisotopic (exact) mass is 277 g/mol. The minimum Gasteiger partial charge on any atom is -0.444 e. The Bertz CT molecular complexity index is 311. The molecule has 0 aromatic rings. The maximum absolute atomic E-state index is 11.9. The minimum absolute atomic E-state index is 0. The first kappa shape index (κ1) is 17.0. The van der Waals surface area contributed by atoms with Gasteiger partial charge in [0.1, 0.15) is 11.4 Å². The van der Waals surface area contributed by atoms with E-state index in [-0.39, 0.29) is 24.3 Å². The van der Waals surface area contributed by atoms with Crippen LogP contribution in [0.15, 0.2) is 0 Å². The van der Waals surface area contributed by atoms with E-state index in [1.807, 2.05) is 20.8 Å². The average molecular weight is 278 g/mol. The molecule has 1 rings (SSSR count). The molecule has 1 amide bonds. The zero-order valence-corrected chi connectivity index (χ0v) is 12.3. The topological polar surface area (TPSA) is 79.4 Å². The van der Waals surface area contributed by atoms with Crippen LogP contribution in [-0.2, 0) is 4.74 Å². The average Bonchev–Trinajstić information content (AvgIpc) is 2.06. The number of hydrogen-bond acceptors (Lipinski definition) is 3. The number of ether oxygens (including phenoxy) is 1. The first-order valence-corrected chi connectivity index (χ1v) is 6.02. The molecule has 6 heteroatoms. The molecule has 1 atom stereocenters. The SMILES string of the molecule is CN(C(=O)OC(C)(C)C)C(C(=N)N)C1CCC1.Cl. The van der Waals surface area contributed by atoms with E-state index in [1.165, 1.54) is 4.90 Å². The van der Waals surface area contributed by atoms with Gasteiger partial charge >= 0.3 is 6.09 Å². The molecule has 0 saturated heterocycles. The quantitative estimate of drug-likeness (QED) is 0.614. The van der Waals surface area contributed by atoms with Gasteiger partial charge in [0.15, 0.2) is 0 Å². The van der Waals surface area contributed by atoms with Crippen LogP contribution in [0.1, 0.15) is 40.0 Å². The van der Waals surface area contributed by atoms with Gasteiger partial charge in [0.05, 0.1) is 6.04 Å². The lowest BCUT2D eigenvalue weighted by Crippen LogP contribution is -2.52. The van der Waals surface area contributed by atoms with Gasteiger partial charge in [0.25, 0.3) is 0 Å². The molecule has 0 spiro atoms. The maximum Gasteiger partial charge on any atom is 0.410 e. The summed E-state index contributed by atoms with van der Waals surface area (Å²) in [5.41, 5.74) is 5.06. The van der Waals surface area contributed by atoms with Gasteiger partial charge in [-0.25, -0.2) is 4.79 Å². The molecule has 3 N–H and O–H groups in total. The van der Waals surface area contributed by atoms with E-state index in [4.69, 9.17) is 15.9 Å². The zero-order valence-electron chi connectivity index (χ0n) is 11.5. The summed E-state index contributed by atoms with van der Waals surface area (Å²) >= 11 is 0. The standard InChI is InChI=1S/C12H23N3O2.ClH/c1-12(2,3)17-11(16)15(4)9(10(13)14)8-6-5-7-8;/h8-9H,5-7H2,1-4H3,(H3,13,14);1H. The van der Waals surface area contributed by atoms with E-state index in [0.29, 0.717) is 5.92 Å². The third-order valence-corrected chi connectivity index (χ3v) is 3.01. The number of hydrogen-bond donors (Lipinski definition) is 2. The molecule has 1 aliphatic rings. The van der Waals surface area contributed by atoms with Crippen LogP contribution in [0, 0.1) is 11.3 Å². The number of carbonyl (C=O) groups is 1. The molecule has 18 heavy (non-hydrogen) atoms. The van der Waals surface area contributed by atoms with Crippen LogP contribution in [0.2, 0.25) is 0 Å².